The molecular formula is C19H27NO3. The molecule has 1 aromatic carbocycles. The number of nitrogens with one attached hydrogen (secondary N) is 1. The standard InChI is InChI=1S/C19H27NO3/c21-19(20-11-3-6-15-4-1-2-5-15)10-8-16-7-9-17-18(14-16)23-13-12-22-17/h7,9,14-15H,1-6,8,10-13H2,(H,20,21). The van der Waals surface area contributed by atoms with Crippen LogP contribution in [-0.2, 0) is 11.2 Å². The van der Waals surface area contributed by atoms with Gasteiger partial charge in [0.1, 0.15) is 13.2 Å². The summed E-state index contributed by atoms with van der Waals surface area (Å²) in [7, 11) is 0. The number of aryl methyl sites for hydroxylation is 1. The molecule has 3 rings (SSSR count). The molecule has 4 heteroatoms. The molecule has 1 aliphatic heterocycles. The minimum Gasteiger partial charge on any atom is -0.486 e. The lowest BCUT2D eigenvalue weighted by molar-refractivity contribution is -0.121. The summed E-state index contributed by atoms with van der Waals surface area (Å²) in [6.45, 7) is 2.02. The third-order valence-corrected chi connectivity index (χ3v) is 4.83. The van der Waals surface area contributed by atoms with Gasteiger partial charge in [0.15, 0.2) is 11.5 Å². The van der Waals surface area contributed by atoms with Crippen molar-refractivity contribution in [1.82, 2.24) is 5.32 Å². The molecule has 0 spiro atoms. The first-order chi connectivity index (χ1) is 11.3. The van der Waals surface area contributed by atoms with E-state index in [4.69, 9.17) is 9.47 Å². The van der Waals surface area contributed by atoms with Gasteiger partial charge in [0.05, 0.1) is 0 Å². The van der Waals surface area contributed by atoms with Crippen molar-refractivity contribution in [2.75, 3.05) is 19.8 Å². The lowest BCUT2D eigenvalue weighted by Crippen LogP contribution is -2.25. The monoisotopic (exact) mass is 317 g/mol. The van der Waals surface area contributed by atoms with Gasteiger partial charge in [-0.1, -0.05) is 31.7 Å². The minimum absolute atomic E-state index is 0.145. The minimum atomic E-state index is 0.145. The molecule has 0 saturated heterocycles. The Morgan fingerprint density at radius 1 is 1.13 bits per heavy atom. The maximum Gasteiger partial charge on any atom is 0.220 e. The zero-order valence-electron chi connectivity index (χ0n) is 13.8. The van der Waals surface area contributed by atoms with Gasteiger partial charge >= 0.3 is 0 Å². The quantitative estimate of drug-likeness (QED) is 0.783. The molecule has 0 aromatic heterocycles. The maximum absolute atomic E-state index is 11.9. The van der Waals surface area contributed by atoms with Gasteiger partial charge in [0, 0.05) is 13.0 Å². The molecule has 1 saturated carbocycles. The van der Waals surface area contributed by atoms with E-state index in [1.807, 2.05) is 18.2 Å². The molecule has 126 valence electrons. The maximum atomic E-state index is 11.9. The highest BCUT2D eigenvalue weighted by Gasteiger charge is 2.14. The van der Waals surface area contributed by atoms with Crippen molar-refractivity contribution in [2.24, 2.45) is 5.92 Å². The van der Waals surface area contributed by atoms with Crippen molar-refractivity contribution in [3.63, 3.8) is 0 Å². The Morgan fingerprint density at radius 2 is 1.91 bits per heavy atom. The molecule has 1 fully saturated rings. The second-order valence-corrected chi connectivity index (χ2v) is 6.62. The zero-order chi connectivity index (χ0) is 15.9. The molecule has 0 atom stereocenters. The van der Waals surface area contributed by atoms with Gasteiger partial charge in [0.2, 0.25) is 5.91 Å². The van der Waals surface area contributed by atoms with E-state index in [9.17, 15) is 4.79 Å². The fourth-order valence-corrected chi connectivity index (χ4v) is 3.51. The molecule has 4 nitrogen and oxygen atoms in total. The summed E-state index contributed by atoms with van der Waals surface area (Å²) in [4.78, 5) is 11.9. The van der Waals surface area contributed by atoms with Crippen LogP contribution < -0.4 is 14.8 Å². The van der Waals surface area contributed by atoms with Gasteiger partial charge in [-0.15, -0.1) is 0 Å². The lowest BCUT2D eigenvalue weighted by Gasteiger charge is -2.18. The summed E-state index contributed by atoms with van der Waals surface area (Å²) in [6.07, 6.45) is 9.21. The number of fused-ring (bicyclic) bond motifs is 1. The van der Waals surface area contributed by atoms with Crippen LogP contribution in [0.2, 0.25) is 0 Å². The molecule has 2 aliphatic rings. The van der Waals surface area contributed by atoms with Crippen molar-refractivity contribution < 1.29 is 14.3 Å². The second-order valence-electron chi connectivity index (χ2n) is 6.62. The first kappa shape index (κ1) is 16.2. The molecule has 1 heterocycles. The molecule has 1 aliphatic carbocycles. The normalized spacial score (nSPS) is 17.2. The van der Waals surface area contributed by atoms with Crippen LogP contribution >= 0.6 is 0 Å². The summed E-state index contributed by atoms with van der Waals surface area (Å²) in [5, 5.41) is 3.04. The summed E-state index contributed by atoms with van der Waals surface area (Å²) in [5.41, 5.74) is 1.12. The fraction of sp³-hybridized carbons (Fsp3) is 0.632. The van der Waals surface area contributed by atoms with Gasteiger partial charge in [-0.25, -0.2) is 0 Å². The molecule has 1 N–H and O–H groups in total. The Bertz CT molecular complexity index is 523. The lowest BCUT2D eigenvalue weighted by atomic mass is 10.0. The van der Waals surface area contributed by atoms with Crippen molar-refractivity contribution in [2.45, 2.75) is 51.4 Å². The van der Waals surface area contributed by atoms with Gasteiger partial charge in [-0.2, -0.15) is 0 Å². The number of benzene rings is 1. The summed E-state index contributed by atoms with van der Waals surface area (Å²) in [6, 6.07) is 5.94. The Hall–Kier alpha value is -1.71. The Balaban J connectivity index is 1.33. The molecule has 1 amide bonds. The van der Waals surface area contributed by atoms with Crippen LogP contribution in [-0.4, -0.2) is 25.7 Å². The number of carbonyl (C=O) groups is 1. The number of amides is 1. The Kier molecular flexibility index (Phi) is 5.78. The number of ether oxygens (including phenoxy) is 2. The number of hydrogen-bond acceptors (Lipinski definition) is 3. The van der Waals surface area contributed by atoms with E-state index in [-0.39, 0.29) is 5.91 Å². The van der Waals surface area contributed by atoms with Crippen LogP contribution in [0.25, 0.3) is 0 Å². The van der Waals surface area contributed by atoms with E-state index in [1.54, 1.807) is 0 Å². The molecule has 1 aromatic rings. The second kappa shape index (κ2) is 8.23. The van der Waals surface area contributed by atoms with Crippen LogP contribution in [0.3, 0.4) is 0 Å². The molecule has 23 heavy (non-hydrogen) atoms. The molecule has 0 unspecified atom stereocenters. The number of hydrogen-bond donors (Lipinski definition) is 1. The average Bonchev–Trinajstić information content (AvgIpc) is 3.10. The predicted octanol–water partition coefficient (Wildman–Crippen LogP) is 3.48. The van der Waals surface area contributed by atoms with E-state index in [1.165, 1.54) is 32.1 Å². The van der Waals surface area contributed by atoms with Crippen molar-refractivity contribution >= 4 is 5.91 Å². The van der Waals surface area contributed by atoms with Crippen LogP contribution in [0.5, 0.6) is 11.5 Å². The highest BCUT2D eigenvalue weighted by molar-refractivity contribution is 5.76. The number of rotatable bonds is 7. The summed E-state index contributed by atoms with van der Waals surface area (Å²) < 4.78 is 11.1. The smallest absolute Gasteiger partial charge is 0.220 e. The highest BCUT2D eigenvalue weighted by atomic mass is 16.6. The highest BCUT2D eigenvalue weighted by Crippen LogP contribution is 2.31. The first-order valence-corrected chi connectivity index (χ1v) is 8.96. The van der Waals surface area contributed by atoms with Crippen LogP contribution in [0.1, 0.15) is 50.5 Å². The molecular weight excluding hydrogens is 290 g/mol. The summed E-state index contributed by atoms with van der Waals surface area (Å²) in [5.74, 6) is 2.65. The molecule has 0 radical (unpaired) electrons. The van der Waals surface area contributed by atoms with Crippen LogP contribution in [0, 0.1) is 5.92 Å². The Labute approximate surface area is 138 Å². The Morgan fingerprint density at radius 3 is 2.74 bits per heavy atom. The first-order valence-electron chi connectivity index (χ1n) is 8.96. The van der Waals surface area contributed by atoms with Crippen LogP contribution in [0.4, 0.5) is 0 Å². The topological polar surface area (TPSA) is 47.6 Å². The van der Waals surface area contributed by atoms with Gasteiger partial charge in [0.25, 0.3) is 0 Å². The van der Waals surface area contributed by atoms with E-state index in [0.29, 0.717) is 19.6 Å². The van der Waals surface area contributed by atoms with Crippen LogP contribution in [0.15, 0.2) is 18.2 Å². The van der Waals surface area contributed by atoms with Crippen molar-refractivity contribution in [3.05, 3.63) is 23.8 Å². The van der Waals surface area contributed by atoms with E-state index >= 15 is 0 Å². The zero-order valence-corrected chi connectivity index (χ0v) is 13.8. The largest absolute Gasteiger partial charge is 0.486 e. The number of carbonyl (C=O) groups excluding carboxylic acids is 1. The average molecular weight is 317 g/mol. The predicted molar refractivity (Wildman–Crippen MR) is 90.0 cm³/mol. The van der Waals surface area contributed by atoms with Gasteiger partial charge in [-0.3, -0.25) is 4.79 Å². The van der Waals surface area contributed by atoms with E-state index in [0.717, 1.165) is 42.4 Å². The van der Waals surface area contributed by atoms with Gasteiger partial charge < -0.3 is 14.8 Å². The SMILES string of the molecule is O=C(CCc1ccc2c(c1)OCCO2)NCCCC1CCCC1. The third-order valence-electron chi connectivity index (χ3n) is 4.83. The van der Waals surface area contributed by atoms with E-state index < -0.39 is 0 Å². The van der Waals surface area contributed by atoms with Crippen molar-refractivity contribution in [1.29, 1.82) is 0 Å². The molecule has 0 bridgehead atoms. The van der Waals surface area contributed by atoms with E-state index in [2.05, 4.69) is 5.32 Å². The summed E-state index contributed by atoms with van der Waals surface area (Å²) >= 11 is 0. The fourth-order valence-electron chi connectivity index (χ4n) is 3.51. The van der Waals surface area contributed by atoms with Crippen molar-refractivity contribution in [3.8, 4) is 11.5 Å². The van der Waals surface area contributed by atoms with Gasteiger partial charge in [-0.05, 0) is 42.9 Å². The third kappa shape index (κ3) is 4.88.